The largest absolute Gasteiger partial charge is 0.310 e. The minimum atomic E-state index is 0.0155. The highest BCUT2D eigenvalue weighted by Crippen LogP contribution is 2.42. The van der Waals surface area contributed by atoms with Crippen molar-refractivity contribution in [2.45, 2.75) is 26.2 Å². The van der Waals surface area contributed by atoms with E-state index in [1.54, 1.807) is 11.3 Å². The fourth-order valence-corrected chi connectivity index (χ4v) is 4.29. The van der Waals surface area contributed by atoms with Crippen molar-refractivity contribution in [2.24, 2.45) is 0 Å². The Morgan fingerprint density at radius 3 is 2.88 bits per heavy atom. The van der Waals surface area contributed by atoms with Crippen molar-refractivity contribution < 1.29 is 4.79 Å². The number of rotatable bonds is 2. The molecule has 0 saturated heterocycles. The first kappa shape index (κ1) is 15.4. The number of hydrogen-bond acceptors (Lipinski definition) is 3. The van der Waals surface area contributed by atoms with Crippen LogP contribution in [0, 0.1) is 13.8 Å². The van der Waals surface area contributed by atoms with E-state index in [-0.39, 0.29) is 11.8 Å². The lowest BCUT2D eigenvalue weighted by Crippen LogP contribution is -2.24. The molecule has 1 aliphatic heterocycles. The Hall–Kier alpha value is -2.11. The summed E-state index contributed by atoms with van der Waals surface area (Å²) in [7, 11) is 0. The van der Waals surface area contributed by atoms with Gasteiger partial charge in [0.25, 0.3) is 0 Å². The monoisotopic (exact) mass is 357 g/mol. The lowest BCUT2D eigenvalue weighted by Gasteiger charge is -2.23. The molecule has 6 heteroatoms. The molecule has 0 aliphatic carbocycles. The second kappa shape index (κ2) is 5.76. The molecule has 4 rings (SSSR count). The predicted octanol–water partition coefficient (Wildman–Crippen LogP) is 4.68. The number of aryl methyl sites for hydroxylation is 1. The topological polar surface area (TPSA) is 46.9 Å². The van der Waals surface area contributed by atoms with Crippen LogP contribution in [-0.4, -0.2) is 15.7 Å². The van der Waals surface area contributed by atoms with Gasteiger partial charge in [-0.2, -0.15) is 5.10 Å². The normalized spacial score (nSPS) is 16.8. The van der Waals surface area contributed by atoms with Crippen molar-refractivity contribution in [1.82, 2.24) is 9.78 Å². The minimum absolute atomic E-state index is 0.0155. The number of halogens is 1. The summed E-state index contributed by atoms with van der Waals surface area (Å²) >= 11 is 7.94. The van der Waals surface area contributed by atoms with Gasteiger partial charge < -0.3 is 5.32 Å². The molecule has 0 saturated carbocycles. The van der Waals surface area contributed by atoms with Gasteiger partial charge in [0, 0.05) is 27.8 Å². The summed E-state index contributed by atoms with van der Waals surface area (Å²) in [6.07, 6.45) is 0.453. The number of carbonyl (C=O) groups is 1. The summed E-state index contributed by atoms with van der Waals surface area (Å²) in [5, 5.41) is 10.4. The average molecular weight is 358 g/mol. The first-order chi connectivity index (χ1) is 11.6. The average Bonchev–Trinajstić information content (AvgIpc) is 3.18. The predicted molar refractivity (Wildman–Crippen MR) is 97.5 cm³/mol. The highest BCUT2D eigenvalue weighted by molar-refractivity contribution is 7.10. The van der Waals surface area contributed by atoms with E-state index in [0.29, 0.717) is 11.4 Å². The molecule has 1 amide bonds. The second-order valence-corrected chi connectivity index (χ2v) is 7.35. The third kappa shape index (κ3) is 2.36. The molecule has 24 heavy (non-hydrogen) atoms. The Bertz CT molecular complexity index is 930. The Labute approximate surface area is 149 Å². The fraction of sp³-hybridized carbons (Fsp3) is 0.222. The van der Waals surface area contributed by atoms with Gasteiger partial charge in [0.1, 0.15) is 5.82 Å². The number of fused-ring (bicyclic) bond motifs is 1. The number of amides is 1. The van der Waals surface area contributed by atoms with Crippen molar-refractivity contribution in [3.8, 4) is 5.69 Å². The number of benzene rings is 1. The first-order valence-corrected chi connectivity index (χ1v) is 9.00. The van der Waals surface area contributed by atoms with Gasteiger partial charge in [-0.15, -0.1) is 11.3 Å². The lowest BCUT2D eigenvalue weighted by atomic mass is 9.91. The Morgan fingerprint density at radius 2 is 2.12 bits per heavy atom. The molecule has 0 unspecified atom stereocenters. The van der Waals surface area contributed by atoms with Crippen LogP contribution in [0.2, 0.25) is 5.02 Å². The SMILES string of the molecule is Cc1nn(-c2cccc(Cl)c2C)c2c1[C@H](c1cccs1)CC(=O)N2. The van der Waals surface area contributed by atoms with E-state index in [1.807, 2.05) is 48.2 Å². The molecule has 4 nitrogen and oxygen atoms in total. The van der Waals surface area contributed by atoms with Crippen LogP contribution in [-0.2, 0) is 4.79 Å². The standard InChI is InChI=1S/C18H16ClN3OS/c1-10-13(19)5-3-6-14(10)22-18-17(11(2)21-22)12(9-16(23)20-18)15-7-4-8-24-15/h3-8,12H,9H2,1-2H3,(H,20,23)/t12-/m0/s1. The van der Waals surface area contributed by atoms with Crippen LogP contribution < -0.4 is 5.32 Å². The highest BCUT2D eigenvalue weighted by atomic mass is 35.5. The molecule has 1 N–H and O–H groups in total. The van der Waals surface area contributed by atoms with Gasteiger partial charge >= 0.3 is 0 Å². The molecule has 1 aromatic carbocycles. The van der Waals surface area contributed by atoms with E-state index < -0.39 is 0 Å². The van der Waals surface area contributed by atoms with Gasteiger partial charge in [-0.3, -0.25) is 4.79 Å². The summed E-state index contributed by atoms with van der Waals surface area (Å²) in [5.41, 5.74) is 3.86. The Balaban J connectivity index is 1.93. The number of thiophene rings is 1. The van der Waals surface area contributed by atoms with Crippen molar-refractivity contribution in [1.29, 1.82) is 0 Å². The Kier molecular flexibility index (Phi) is 3.70. The van der Waals surface area contributed by atoms with Gasteiger partial charge in [0.15, 0.2) is 0 Å². The van der Waals surface area contributed by atoms with E-state index >= 15 is 0 Å². The quantitative estimate of drug-likeness (QED) is 0.724. The smallest absolute Gasteiger partial charge is 0.226 e. The molecule has 3 aromatic rings. The van der Waals surface area contributed by atoms with Gasteiger partial charge in [-0.05, 0) is 43.0 Å². The molecule has 1 atom stereocenters. The summed E-state index contributed by atoms with van der Waals surface area (Å²) in [6.45, 7) is 3.95. The van der Waals surface area contributed by atoms with Crippen LogP contribution in [0.1, 0.15) is 34.0 Å². The zero-order valence-corrected chi connectivity index (χ0v) is 14.9. The first-order valence-electron chi connectivity index (χ1n) is 7.74. The van der Waals surface area contributed by atoms with E-state index in [2.05, 4.69) is 11.4 Å². The summed E-state index contributed by atoms with van der Waals surface area (Å²) < 4.78 is 1.81. The third-order valence-electron chi connectivity index (χ3n) is 4.46. The van der Waals surface area contributed by atoms with E-state index in [0.717, 1.165) is 28.3 Å². The molecule has 0 fully saturated rings. The highest BCUT2D eigenvalue weighted by Gasteiger charge is 2.33. The van der Waals surface area contributed by atoms with Crippen LogP contribution in [0.25, 0.3) is 5.69 Å². The third-order valence-corrected chi connectivity index (χ3v) is 5.85. The van der Waals surface area contributed by atoms with Crippen LogP contribution in [0.3, 0.4) is 0 Å². The zero-order valence-electron chi connectivity index (χ0n) is 13.3. The van der Waals surface area contributed by atoms with E-state index in [4.69, 9.17) is 16.7 Å². The Morgan fingerprint density at radius 1 is 1.29 bits per heavy atom. The number of carbonyl (C=O) groups excluding carboxylic acids is 1. The molecule has 2 aromatic heterocycles. The van der Waals surface area contributed by atoms with Crippen molar-refractivity contribution >= 4 is 34.7 Å². The number of aromatic nitrogens is 2. The summed E-state index contributed by atoms with van der Waals surface area (Å²) in [4.78, 5) is 13.5. The van der Waals surface area contributed by atoms with Gasteiger partial charge in [-0.25, -0.2) is 4.68 Å². The van der Waals surface area contributed by atoms with Crippen molar-refractivity contribution in [2.75, 3.05) is 5.32 Å². The van der Waals surface area contributed by atoms with Gasteiger partial charge in [0.2, 0.25) is 5.91 Å². The van der Waals surface area contributed by atoms with Crippen LogP contribution in [0.5, 0.6) is 0 Å². The number of hydrogen-bond donors (Lipinski definition) is 1. The van der Waals surface area contributed by atoms with Crippen LogP contribution in [0.4, 0.5) is 5.82 Å². The van der Waals surface area contributed by atoms with Gasteiger partial charge in [-0.1, -0.05) is 23.7 Å². The molecule has 0 bridgehead atoms. The van der Waals surface area contributed by atoms with Crippen LogP contribution >= 0.6 is 22.9 Å². The molecule has 0 spiro atoms. The van der Waals surface area contributed by atoms with Gasteiger partial charge in [0.05, 0.1) is 11.4 Å². The lowest BCUT2D eigenvalue weighted by molar-refractivity contribution is -0.116. The second-order valence-electron chi connectivity index (χ2n) is 5.96. The maximum atomic E-state index is 12.3. The summed E-state index contributed by atoms with van der Waals surface area (Å²) in [6, 6.07) is 9.83. The molecule has 122 valence electrons. The number of nitrogens with zero attached hydrogens (tertiary/aromatic N) is 2. The summed E-state index contributed by atoms with van der Waals surface area (Å²) in [5.74, 6) is 0.830. The molecular formula is C18H16ClN3OS. The fourth-order valence-electron chi connectivity index (χ4n) is 3.28. The molecular weight excluding hydrogens is 342 g/mol. The number of nitrogens with one attached hydrogen (secondary N) is 1. The van der Waals surface area contributed by atoms with Crippen molar-refractivity contribution in [3.05, 3.63) is 62.4 Å². The van der Waals surface area contributed by atoms with E-state index in [9.17, 15) is 4.79 Å². The maximum absolute atomic E-state index is 12.3. The van der Waals surface area contributed by atoms with Crippen LogP contribution in [0.15, 0.2) is 35.7 Å². The molecule has 1 aliphatic rings. The minimum Gasteiger partial charge on any atom is -0.310 e. The van der Waals surface area contributed by atoms with Crippen molar-refractivity contribution in [3.63, 3.8) is 0 Å². The zero-order chi connectivity index (χ0) is 16.8. The molecule has 3 heterocycles. The van der Waals surface area contributed by atoms with E-state index in [1.165, 1.54) is 4.88 Å². The molecule has 0 radical (unpaired) electrons. The number of anilines is 1. The maximum Gasteiger partial charge on any atom is 0.226 e.